The van der Waals surface area contributed by atoms with Crippen molar-refractivity contribution in [2.45, 2.75) is 22.6 Å². The lowest BCUT2D eigenvalue weighted by Gasteiger charge is -2.35. The Hall–Kier alpha value is -0.640. The number of aryl methyl sites for hydroxylation is 1. The SMILES string of the molecule is CCn1c2c(c3ssc(=O)c31)S[C@@](OC)(c1ccccc1)SC2=S. The summed E-state index contributed by atoms with van der Waals surface area (Å²) < 4.78 is 9.33. The number of hydrogen-bond donors (Lipinski definition) is 0. The number of hydrogen-bond acceptors (Lipinski definition) is 7. The van der Waals surface area contributed by atoms with Gasteiger partial charge < -0.3 is 9.30 Å². The van der Waals surface area contributed by atoms with Crippen molar-refractivity contribution < 1.29 is 4.74 Å². The third-order valence-electron chi connectivity index (χ3n) is 3.94. The van der Waals surface area contributed by atoms with E-state index in [1.165, 1.54) is 20.7 Å². The third-order valence-corrected chi connectivity index (χ3v) is 9.53. The molecule has 1 aliphatic heterocycles. The number of ether oxygens (including phenoxy) is 1. The average molecular weight is 412 g/mol. The summed E-state index contributed by atoms with van der Waals surface area (Å²) in [6, 6.07) is 10.1. The topological polar surface area (TPSA) is 31.2 Å². The predicted molar refractivity (Wildman–Crippen MR) is 110 cm³/mol. The van der Waals surface area contributed by atoms with Crippen LogP contribution in [0.1, 0.15) is 18.2 Å². The van der Waals surface area contributed by atoms with Gasteiger partial charge in [0.15, 0.2) is 4.27 Å². The summed E-state index contributed by atoms with van der Waals surface area (Å²) in [6.45, 7) is 2.78. The molecule has 0 fully saturated rings. The maximum atomic E-state index is 12.3. The molecular formula is C16H13NO2S5. The van der Waals surface area contributed by atoms with E-state index in [0.29, 0.717) is 0 Å². The van der Waals surface area contributed by atoms with Crippen LogP contribution in [-0.4, -0.2) is 15.9 Å². The van der Waals surface area contributed by atoms with Crippen molar-refractivity contribution in [1.29, 1.82) is 0 Å². The number of fused-ring (bicyclic) bond motifs is 3. The van der Waals surface area contributed by atoms with Crippen LogP contribution >= 0.6 is 56.4 Å². The van der Waals surface area contributed by atoms with Gasteiger partial charge in [-0.3, -0.25) is 4.79 Å². The van der Waals surface area contributed by atoms with E-state index in [9.17, 15) is 4.79 Å². The molecule has 1 aliphatic rings. The van der Waals surface area contributed by atoms with Crippen LogP contribution in [0.3, 0.4) is 0 Å². The molecule has 0 aliphatic carbocycles. The van der Waals surface area contributed by atoms with E-state index >= 15 is 0 Å². The molecule has 124 valence electrons. The van der Waals surface area contributed by atoms with Crippen LogP contribution in [0.2, 0.25) is 0 Å². The van der Waals surface area contributed by atoms with E-state index in [4.69, 9.17) is 17.0 Å². The number of methoxy groups -OCH3 is 1. The van der Waals surface area contributed by atoms with Gasteiger partial charge >= 0.3 is 0 Å². The van der Waals surface area contributed by atoms with Crippen LogP contribution in [0, 0.1) is 0 Å². The largest absolute Gasteiger partial charge is 0.353 e. The van der Waals surface area contributed by atoms with E-state index in [2.05, 4.69) is 23.6 Å². The molecule has 0 saturated heterocycles. The summed E-state index contributed by atoms with van der Waals surface area (Å²) in [5, 5.41) is 0. The zero-order valence-corrected chi connectivity index (χ0v) is 17.0. The Kier molecular flexibility index (Phi) is 4.39. The lowest BCUT2D eigenvalue weighted by molar-refractivity contribution is 0.147. The van der Waals surface area contributed by atoms with Crippen molar-refractivity contribution in [3.63, 3.8) is 0 Å². The number of thioether (sulfide) groups is 2. The second-order valence-electron chi connectivity index (χ2n) is 5.17. The molecule has 3 nitrogen and oxygen atoms in total. The van der Waals surface area contributed by atoms with Gasteiger partial charge in [0.05, 0.1) is 19.5 Å². The Morgan fingerprint density at radius 2 is 1.96 bits per heavy atom. The molecule has 0 amide bonds. The number of aromatic nitrogens is 1. The Bertz CT molecular complexity index is 987. The van der Waals surface area contributed by atoms with Gasteiger partial charge in [-0.05, 0) is 17.3 Å². The standard InChI is InChI=1S/C16H13NO2S5/c1-3-17-10-13(23-24-14(10)18)12-11(17)15(20)22-16(19-2,21-12)9-7-5-4-6-8-9/h4-8H,3H2,1-2H3/t16-/m0/s1. The first-order chi connectivity index (χ1) is 11.6. The van der Waals surface area contributed by atoms with E-state index in [0.717, 1.165) is 37.1 Å². The van der Waals surface area contributed by atoms with Gasteiger partial charge in [0.2, 0.25) is 0 Å². The van der Waals surface area contributed by atoms with E-state index in [1.807, 2.05) is 18.2 Å². The van der Waals surface area contributed by atoms with Gasteiger partial charge in [0.1, 0.15) is 5.52 Å². The zero-order valence-electron chi connectivity index (χ0n) is 12.9. The molecule has 1 atom stereocenters. The van der Waals surface area contributed by atoms with E-state index < -0.39 is 4.27 Å². The van der Waals surface area contributed by atoms with E-state index in [1.54, 1.807) is 30.6 Å². The van der Waals surface area contributed by atoms with Gasteiger partial charge in [-0.25, -0.2) is 0 Å². The number of nitrogens with zero attached hydrogens (tertiary/aromatic N) is 1. The molecule has 24 heavy (non-hydrogen) atoms. The number of rotatable bonds is 3. The van der Waals surface area contributed by atoms with Crippen LogP contribution in [0.15, 0.2) is 40.0 Å². The summed E-state index contributed by atoms with van der Waals surface area (Å²) in [5.74, 6) is 0. The Morgan fingerprint density at radius 1 is 1.21 bits per heavy atom. The highest BCUT2D eigenvalue weighted by molar-refractivity contribution is 8.31. The summed E-state index contributed by atoms with van der Waals surface area (Å²) in [7, 11) is 4.54. The van der Waals surface area contributed by atoms with E-state index in [-0.39, 0.29) is 4.74 Å². The first kappa shape index (κ1) is 16.8. The molecular weight excluding hydrogens is 399 g/mol. The van der Waals surface area contributed by atoms with Crippen LogP contribution in [0.25, 0.3) is 10.2 Å². The van der Waals surface area contributed by atoms with Crippen molar-refractivity contribution in [1.82, 2.24) is 4.57 Å². The monoisotopic (exact) mass is 411 g/mol. The second kappa shape index (κ2) is 6.26. The van der Waals surface area contributed by atoms with Crippen molar-refractivity contribution in [2.24, 2.45) is 0 Å². The summed E-state index contributed by atoms with van der Waals surface area (Å²) in [6.07, 6.45) is 0. The highest BCUT2D eigenvalue weighted by Crippen LogP contribution is 2.59. The summed E-state index contributed by atoms with van der Waals surface area (Å²) in [4.78, 5) is 13.4. The minimum absolute atomic E-state index is 0.113. The molecule has 0 spiro atoms. The van der Waals surface area contributed by atoms with Crippen molar-refractivity contribution in [3.05, 3.63) is 51.1 Å². The highest BCUT2D eigenvalue weighted by Gasteiger charge is 2.44. The van der Waals surface area contributed by atoms with Gasteiger partial charge in [0.25, 0.3) is 4.74 Å². The smallest absolute Gasteiger partial charge is 0.267 e. The molecule has 4 rings (SSSR count). The van der Waals surface area contributed by atoms with Gasteiger partial charge in [0, 0.05) is 19.2 Å². The quantitative estimate of drug-likeness (QED) is 0.441. The molecule has 1 aromatic carbocycles. The summed E-state index contributed by atoms with van der Waals surface area (Å²) >= 11 is 8.93. The lowest BCUT2D eigenvalue weighted by atomic mass is 10.2. The van der Waals surface area contributed by atoms with Gasteiger partial charge in [-0.2, -0.15) is 0 Å². The van der Waals surface area contributed by atoms with Gasteiger partial charge in [-0.15, -0.1) is 0 Å². The third kappa shape index (κ3) is 2.35. The normalized spacial score (nSPS) is 20.5. The van der Waals surface area contributed by atoms with Crippen molar-refractivity contribution >= 4 is 70.8 Å². The fourth-order valence-electron chi connectivity index (χ4n) is 2.87. The first-order valence-electron chi connectivity index (χ1n) is 7.29. The predicted octanol–water partition coefficient (Wildman–Crippen LogP) is 5.12. The molecule has 8 heteroatoms. The molecule has 0 bridgehead atoms. The fraction of sp³-hybridized carbons (Fsp3) is 0.250. The Labute approximate surface area is 160 Å². The molecule has 0 N–H and O–H groups in total. The minimum atomic E-state index is -0.615. The van der Waals surface area contributed by atoms with Crippen molar-refractivity contribution in [2.75, 3.05) is 7.11 Å². The molecule has 3 aromatic rings. The molecule has 0 radical (unpaired) electrons. The average Bonchev–Trinajstić information content (AvgIpc) is 3.14. The Balaban J connectivity index is 1.98. The van der Waals surface area contributed by atoms with Crippen LogP contribution in [-0.2, 0) is 15.5 Å². The number of benzene rings is 1. The lowest BCUT2D eigenvalue weighted by Crippen LogP contribution is -2.26. The Morgan fingerprint density at radius 3 is 2.62 bits per heavy atom. The van der Waals surface area contributed by atoms with Crippen LogP contribution in [0.4, 0.5) is 0 Å². The van der Waals surface area contributed by atoms with Crippen molar-refractivity contribution in [3.8, 4) is 0 Å². The molecule has 3 heterocycles. The second-order valence-corrected chi connectivity index (χ2v) is 10.6. The summed E-state index contributed by atoms with van der Waals surface area (Å²) in [5.41, 5.74) is 2.85. The number of thiocarbonyl (C=S) groups is 1. The van der Waals surface area contributed by atoms with Crippen LogP contribution in [0.5, 0.6) is 0 Å². The molecule has 0 saturated carbocycles. The first-order valence-corrected chi connectivity index (χ1v) is 11.5. The van der Waals surface area contributed by atoms with Crippen LogP contribution < -0.4 is 4.74 Å². The highest BCUT2D eigenvalue weighted by atomic mass is 32.9. The fourth-order valence-corrected chi connectivity index (χ4v) is 8.96. The maximum Gasteiger partial charge on any atom is 0.267 e. The maximum absolute atomic E-state index is 12.3. The van der Waals surface area contributed by atoms with Gasteiger partial charge in [-0.1, -0.05) is 76.4 Å². The molecule has 0 unspecified atom stereocenters. The molecule has 2 aromatic heterocycles. The minimum Gasteiger partial charge on any atom is -0.353 e. The zero-order chi connectivity index (χ0) is 16.9.